The largest absolute Gasteiger partial charge is 0.355 e. The van der Waals surface area contributed by atoms with E-state index < -0.39 is 6.72 Å². The maximum Gasteiger partial charge on any atom is 0.355 e. The first-order valence-corrected chi connectivity index (χ1v) is 9.92. The minimum atomic E-state index is -2.98. The summed E-state index contributed by atoms with van der Waals surface area (Å²) < 4.78 is 20.1. The number of amidine groups is 1. The fourth-order valence-corrected chi connectivity index (χ4v) is 7.94. The van der Waals surface area contributed by atoms with E-state index in [0.717, 1.165) is 12.2 Å². The molecular formula is C10H18N3O2PS2. The number of hydrogen-bond acceptors (Lipinski definition) is 6. The molecule has 2 atom stereocenters. The van der Waals surface area contributed by atoms with Crippen LogP contribution in [0.25, 0.3) is 0 Å². The molecule has 0 aromatic heterocycles. The van der Waals surface area contributed by atoms with Crippen LogP contribution in [-0.2, 0) is 9.09 Å². The monoisotopic (exact) mass is 307 g/mol. The van der Waals surface area contributed by atoms with E-state index in [-0.39, 0.29) is 5.25 Å². The van der Waals surface area contributed by atoms with E-state index in [1.165, 1.54) is 23.1 Å². The zero-order valence-electron chi connectivity index (χ0n) is 10.8. The minimum absolute atomic E-state index is 0.247. The standard InChI is InChI=1S/C10H18N3O2PS2/c1-4-9(3)18-16(14,15-5-2)13-6-7-17-10(13)12-8-11/h9H,4-7H2,1-3H3. The number of nitrogens with zero attached hydrogens (tertiary/aromatic N) is 3. The molecule has 1 heterocycles. The Labute approximate surface area is 117 Å². The second-order valence-electron chi connectivity index (χ2n) is 3.68. The quantitative estimate of drug-likeness (QED) is 0.552. The van der Waals surface area contributed by atoms with Gasteiger partial charge in [0, 0.05) is 17.5 Å². The van der Waals surface area contributed by atoms with Gasteiger partial charge in [0.1, 0.15) is 0 Å². The van der Waals surface area contributed by atoms with Crippen LogP contribution in [0, 0.1) is 11.5 Å². The zero-order chi connectivity index (χ0) is 13.6. The third-order valence-corrected chi connectivity index (χ3v) is 8.78. The molecule has 1 saturated heterocycles. The molecule has 0 amide bonds. The van der Waals surface area contributed by atoms with Gasteiger partial charge in [0.15, 0.2) is 5.17 Å². The van der Waals surface area contributed by atoms with Gasteiger partial charge in [-0.3, -0.25) is 9.24 Å². The first kappa shape index (κ1) is 15.9. The molecule has 18 heavy (non-hydrogen) atoms. The van der Waals surface area contributed by atoms with Gasteiger partial charge < -0.3 is 4.52 Å². The second kappa shape index (κ2) is 7.44. The van der Waals surface area contributed by atoms with Crippen LogP contribution in [0.1, 0.15) is 27.2 Å². The Kier molecular flexibility index (Phi) is 6.58. The lowest BCUT2D eigenvalue weighted by Gasteiger charge is -2.28. The topological polar surface area (TPSA) is 65.7 Å². The van der Waals surface area contributed by atoms with Crippen molar-refractivity contribution in [2.45, 2.75) is 32.4 Å². The third-order valence-electron chi connectivity index (χ3n) is 2.38. The van der Waals surface area contributed by atoms with Gasteiger partial charge >= 0.3 is 6.72 Å². The zero-order valence-corrected chi connectivity index (χ0v) is 13.4. The molecule has 0 spiro atoms. The third kappa shape index (κ3) is 3.92. The first-order chi connectivity index (χ1) is 8.57. The van der Waals surface area contributed by atoms with Crippen molar-refractivity contribution in [3.05, 3.63) is 0 Å². The highest BCUT2D eigenvalue weighted by molar-refractivity contribution is 8.56. The van der Waals surface area contributed by atoms with Gasteiger partial charge in [0.05, 0.1) is 6.61 Å². The van der Waals surface area contributed by atoms with Crippen LogP contribution in [0.5, 0.6) is 0 Å². The molecule has 8 heteroatoms. The number of aliphatic imine (C=N–C) groups is 1. The van der Waals surface area contributed by atoms with Crippen molar-refractivity contribution in [2.75, 3.05) is 18.9 Å². The van der Waals surface area contributed by atoms with Crippen molar-refractivity contribution in [3.8, 4) is 6.19 Å². The molecule has 0 radical (unpaired) electrons. The summed E-state index contributed by atoms with van der Waals surface area (Å²) in [5.74, 6) is 0.790. The van der Waals surface area contributed by atoms with Crippen molar-refractivity contribution < 1.29 is 9.09 Å². The molecule has 0 aliphatic carbocycles. The summed E-state index contributed by atoms with van der Waals surface area (Å²) in [5, 5.41) is 9.42. The number of rotatable bonds is 6. The van der Waals surface area contributed by atoms with Gasteiger partial charge in [0.2, 0.25) is 6.19 Å². The van der Waals surface area contributed by atoms with E-state index in [2.05, 4.69) is 11.9 Å². The molecule has 5 nitrogen and oxygen atoms in total. The Bertz CT molecular complexity index is 397. The maximum atomic E-state index is 12.9. The van der Waals surface area contributed by atoms with Crippen LogP contribution < -0.4 is 0 Å². The van der Waals surface area contributed by atoms with Crippen LogP contribution >= 0.6 is 29.9 Å². The number of hydrogen-bond donors (Lipinski definition) is 0. The van der Waals surface area contributed by atoms with Crippen molar-refractivity contribution >= 4 is 35.0 Å². The van der Waals surface area contributed by atoms with Gasteiger partial charge in [-0.2, -0.15) is 5.26 Å². The Morgan fingerprint density at radius 3 is 3.00 bits per heavy atom. The SMILES string of the molecule is CCOP(=O)(SC(C)CC)N1CCSC1=NC#N. The molecule has 0 aromatic rings. The average Bonchev–Trinajstić information content (AvgIpc) is 2.78. The molecular weight excluding hydrogens is 289 g/mol. The molecule has 1 fully saturated rings. The Morgan fingerprint density at radius 1 is 1.72 bits per heavy atom. The fraction of sp³-hybridized carbons (Fsp3) is 0.800. The van der Waals surface area contributed by atoms with E-state index >= 15 is 0 Å². The summed E-state index contributed by atoms with van der Waals surface area (Å²) in [6.07, 6.45) is 2.68. The highest BCUT2D eigenvalue weighted by atomic mass is 32.7. The lowest BCUT2D eigenvalue weighted by molar-refractivity contribution is 0.320. The summed E-state index contributed by atoms with van der Waals surface area (Å²) in [5.41, 5.74) is 0. The maximum absolute atomic E-state index is 12.9. The highest BCUT2D eigenvalue weighted by Gasteiger charge is 2.39. The van der Waals surface area contributed by atoms with Crippen LogP contribution in [0.15, 0.2) is 4.99 Å². The predicted octanol–water partition coefficient (Wildman–Crippen LogP) is 3.55. The predicted molar refractivity (Wildman–Crippen MR) is 78.8 cm³/mol. The van der Waals surface area contributed by atoms with Crippen molar-refractivity contribution in [1.29, 1.82) is 5.26 Å². The lowest BCUT2D eigenvalue weighted by atomic mass is 10.4. The highest BCUT2D eigenvalue weighted by Crippen LogP contribution is 2.66. The van der Waals surface area contributed by atoms with Gasteiger partial charge in [-0.25, -0.2) is 0 Å². The summed E-state index contributed by atoms with van der Waals surface area (Å²) in [4.78, 5) is 3.73. The lowest BCUT2D eigenvalue weighted by Crippen LogP contribution is -2.22. The van der Waals surface area contributed by atoms with Crippen LogP contribution in [-0.4, -0.2) is 34.0 Å². The van der Waals surface area contributed by atoms with Gasteiger partial charge in [-0.05, 0) is 24.7 Å². The molecule has 1 aliphatic rings. The molecule has 2 unspecified atom stereocenters. The van der Waals surface area contributed by atoms with Crippen molar-refractivity contribution in [3.63, 3.8) is 0 Å². The normalized spacial score (nSPS) is 22.8. The molecule has 0 bridgehead atoms. The van der Waals surface area contributed by atoms with Crippen molar-refractivity contribution in [1.82, 2.24) is 4.67 Å². The van der Waals surface area contributed by atoms with E-state index in [0.29, 0.717) is 18.3 Å². The second-order valence-corrected chi connectivity index (χ2v) is 9.45. The average molecular weight is 307 g/mol. The summed E-state index contributed by atoms with van der Waals surface area (Å²) >= 11 is 2.80. The van der Waals surface area contributed by atoms with E-state index in [4.69, 9.17) is 9.79 Å². The Morgan fingerprint density at radius 2 is 2.44 bits per heavy atom. The van der Waals surface area contributed by atoms with E-state index in [9.17, 15) is 4.57 Å². The number of nitriles is 1. The van der Waals surface area contributed by atoms with E-state index in [1.54, 1.807) is 10.9 Å². The molecule has 1 aliphatic heterocycles. The minimum Gasteiger partial charge on any atom is -0.306 e. The van der Waals surface area contributed by atoms with E-state index in [1.807, 2.05) is 13.8 Å². The molecule has 102 valence electrons. The molecule has 0 saturated carbocycles. The van der Waals surface area contributed by atoms with Crippen LogP contribution in [0.3, 0.4) is 0 Å². The Balaban J connectivity index is 2.93. The molecule has 1 rings (SSSR count). The summed E-state index contributed by atoms with van der Waals surface area (Å²) in [6.45, 7) is 3.94. The summed E-state index contributed by atoms with van der Waals surface area (Å²) in [7, 11) is 0. The first-order valence-electron chi connectivity index (χ1n) is 5.88. The van der Waals surface area contributed by atoms with Gasteiger partial charge in [-0.15, -0.1) is 4.99 Å². The van der Waals surface area contributed by atoms with Gasteiger partial charge in [0.25, 0.3) is 0 Å². The van der Waals surface area contributed by atoms with Gasteiger partial charge in [-0.1, -0.05) is 25.6 Å². The number of thioether (sulfide) groups is 1. The van der Waals surface area contributed by atoms with Crippen molar-refractivity contribution in [2.24, 2.45) is 4.99 Å². The molecule has 0 N–H and O–H groups in total. The molecule has 0 aromatic carbocycles. The van der Waals surface area contributed by atoms with Crippen LogP contribution in [0.2, 0.25) is 0 Å². The fourth-order valence-electron chi connectivity index (χ4n) is 1.38. The van der Waals surface area contributed by atoms with Crippen LogP contribution in [0.4, 0.5) is 0 Å². The Hall–Kier alpha value is -0.150. The summed E-state index contributed by atoms with van der Waals surface area (Å²) in [6, 6.07) is 0. The smallest absolute Gasteiger partial charge is 0.306 e.